The van der Waals surface area contributed by atoms with Gasteiger partial charge in [0.15, 0.2) is 0 Å². The van der Waals surface area contributed by atoms with Crippen molar-refractivity contribution in [3.05, 3.63) is 0 Å². The van der Waals surface area contributed by atoms with Gasteiger partial charge in [-0.25, -0.2) is 0 Å². The van der Waals surface area contributed by atoms with Crippen LogP contribution >= 0.6 is 0 Å². The maximum absolute atomic E-state index is 6.68. The summed E-state index contributed by atoms with van der Waals surface area (Å²) in [6.45, 7) is 7.16. The van der Waals surface area contributed by atoms with E-state index in [0.29, 0.717) is 9.72 Å². The van der Waals surface area contributed by atoms with Gasteiger partial charge in [-0.3, -0.25) is 0 Å². The van der Waals surface area contributed by atoms with Crippen molar-refractivity contribution in [2.45, 2.75) is 121 Å². The van der Waals surface area contributed by atoms with Crippen molar-refractivity contribution >= 4 is 18.4 Å². The Bertz CT molecular complexity index is 295. The zero-order valence-electron chi connectivity index (χ0n) is 15.6. The van der Waals surface area contributed by atoms with Crippen LogP contribution < -0.4 is 0 Å². The van der Waals surface area contributed by atoms with Gasteiger partial charge in [0.05, 0.1) is 0 Å². The number of epoxide rings is 1. The predicted molar refractivity (Wildman–Crippen MR) is 100 cm³/mol. The van der Waals surface area contributed by atoms with E-state index in [2.05, 4.69) is 20.8 Å². The molecule has 2 rings (SSSR count). The molecular formula is C20H40OSn. The number of rotatable bonds is 10. The molecule has 0 bridgehead atoms. The summed E-state index contributed by atoms with van der Waals surface area (Å²) < 4.78 is 12.1. The summed E-state index contributed by atoms with van der Waals surface area (Å²) in [6.07, 6.45) is 18.0. The number of hydrogen-bond acceptors (Lipinski definition) is 1. The first-order valence-corrected chi connectivity index (χ1v) is 17.9. The average molecular weight is 415 g/mol. The Morgan fingerprint density at radius 2 is 1.36 bits per heavy atom. The quantitative estimate of drug-likeness (QED) is 0.280. The van der Waals surface area contributed by atoms with Crippen LogP contribution in [0.1, 0.15) is 97.8 Å². The number of unbranched alkanes of at least 4 members (excludes halogenated alkanes) is 3. The van der Waals surface area contributed by atoms with Gasteiger partial charge >= 0.3 is 144 Å². The molecule has 0 aromatic rings. The van der Waals surface area contributed by atoms with Gasteiger partial charge in [-0.15, -0.1) is 0 Å². The molecule has 2 heteroatoms. The monoisotopic (exact) mass is 416 g/mol. The van der Waals surface area contributed by atoms with Crippen LogP contribution in [-0.2, 0) is 4.74 Å². The first-order valence-electron chi connectivity index (χ1n) is 10.4. The standard InChI is InChI=1S/C8H13O.3C4H9.Sn/c1-2-4-6-8-7(9-8)5-3-1;3*1-3-4-2;/h7H,1-6H2;3*1,3-4H2,2H3;/t7-;;;;/m0..../s1. The van der Waals surface area contributed by atoms with Crippen LogP contribution in [0.3, 0.4) is 0 Å². The summed E-state index contributed by atoms with van der Waals surface area (Å²) in [5, 5.41) is 0. The van der Waals surface area contributed by atoms with Gasteiger partial charge in [0, 0.05) is 0 Å². The third kappa shape index (κ3) is 4.23. The van der Waals surface area contributed by atoms with E-state index in [1.807, 2.05) is 0 Å². The molecule has 1 saturated carbocycles. The zero-order valence-corrected chi connectivity index (χ0v) is 18.4. The van der Waals surface area contributed by atoms with Crippen LogP contribution in [0.25, 0.3) is 0 Å². The van der Waals surface area contributed by atoms with Gasteiger partial charge in [0.2, 0.25) is 0 Å². The normalized spacial score (nSPS) is 28.8. The molecule has 2 fully saturated rings. The number of hydrogen-bond donors (Lipinski definition) is 0. The van der Waals surface area contributed by atoms with Crippen molar-refractivity contribution in [1.29, 1.82) is 0 Å². The van der Waals surface area contributed by atoms with E-state index in [4.69, 9.17) is 4.74 Å². The third-order valence-electron chi connectivity index (χ3n) is 6.50. The first kappa shape index (κ1) is 19.1. The second-order valence-corrected chi connectivity index (χ2v) is 22.0. The van der Waals surface area contributed by atoms with E-state index in [1.165, 1.54) is 77.0 Å². The SMILES string of the molecule is CCC[CH2][Sn]([CH2]CCC)([CH2]CCC)[C@@]12CCCCCC[C@@H]1O2. The van der Waals surface area contributed by atoms with E-state index >= 15 is 0 Å². The number of fused-ring (bicyclic) bond motifs is 1. The molecule has 0 unspecified atom stereocenters. The Balaban J connectivity index is 2.18. The molecule has 130 valence electrons. The fraction of sp³-hybridized carbons (Fsp3) is 1.00. The van der Waals surface area contributed by atoms with Crippen LogP contribution in [0.15, 0.2) is 0 Å². The fourth-order valence-corrected chi connectivity index (χ4v) is 25.2. The van der Waals surface area contributed by atoms with Crippen molar-refractivity contribution in [2.75, 3.05) is 0 Å². The van der Waals surface area contributed by atoms with E-state index < -0.39 is 18.4 Å². The van der Waals surface area contributed by atoms with Crippen LogP contribution in [0.2, 0.25) is 13.3 Å². The van der Waals surface area contributed by atoms with Gasteiger partial charge in [-0.1, -0.05) is 0 Å². The van der Waals surface area contributed by atoms with Crippen LogP contribution in [0, 0.1) is 0 Å². The van der Waals surface area contributed by atoms with Crippen molar-refractivity contribution in [1.82, 2.24) is 0 Å². The van der Waals surface area contributed by atoms with Crippen LogP contribution in [0.4, 0.5) is 0 Å². The van der Waals surface area contributed by atoms with E-state index in [1.54, 1.807) is 13.3 Å². The Labute approximate surface area is 143 Å². The summed E-state index contributed by atoms with van der Waals surface area (Å²) in [7, 11) is 0. The van der Waals surface area contributed by atoms with E-state index in [-0.39, 0.29) is 0 Å². The average Bonchev–Trinajstić information content (AvgIpc) is 3.20. The van der Waals surface area contributed by atoms with Crippen molar-refractivity contribution in [3.8, 4) is 0 Å². The Morgan fingerprint density at radius 3 is 1.91 bits per heavy atom. The topological polar surface area (TPSA) is 12.5 Å². The van der Waals surface area contributed by atoms with Gasteiger partial charge in [-0.2, -0.15) is 0 Å². The number of ether oxygens (including phenoxy) is 1. The molecule has 0 amide bonds. The molecule has 1 saturated heterocycles. The minimum absolute atomic E-state index is 0.495. The summed E-state index contributed by atoms with van der Waals surface area (Å²) in [5.74, 6) is 0. The van der Waals surface area contributed by atoms with E-state index in [0.717, 1.165) is 0 Å². The molecule has 0 N–H and O–H groups in total. The fourth-order valence-electron chi connectivity index (χ4n) is 5.09. The van der Waals surface area contributed by atoms with Crippen molar-refractivity contribution in [3.63, 3.8) is 0 Å². The minimum atomic E-state index is -2.20. The molecule has 2 aliphatic rings. The van der Waals surface area contributed by atoms with Crippen LogP contribution in [-0.4, -0.2) is 28.1 Å². The summed E-state index contributed by atoms with van der Waals surface area (Å²) >= 11 is -2.20. The van der Waals surface area contributed by atoms with E-state index in [9.17, 15) is 0 Å². The van der Waals surface area contributed by atoms with Crippen LogP contribution in [0.5, 0.6) is 0 Å². The molecule has 1 heterocycles. The molecular weight excluding hydrogens is 375 g/mol. The molecule has 22 heavy (non-hydrogen) atoms. The summed E-state index contributed by atoms with van der Waals surface area (Å²) in [4.78, 5) is 0. The van der Waals surface area contributed by atoms with Gasteiger partial charge in [0.25, 0.3) is 0 Å². The summed E-state index contributed by atoms with van der Waals surface area (Å²) in [5.41, 5.74) is 0. The second kappa shape index (κ2) is 9.30. The van der Waals surface area contributed by atoms with Gasteiger partial charge in [0.1, 0.15) is 0 Å². The summed E-state index contributed by atoms with van der Waals surface area (Å²) in [6, 6.07) is 0. The Morgan fingerprint density at radius 1 is 0.818 bits per heavy atom. The van der Waals surface area contributed by atoms with Gasteiger partial charge < -0.3 is 0 Å². The molecule has 0 spiro atoms. The first-order chi connectivity index (χ1) is 10.7. The molecule has 0 radical (unpaired) electrons. The molecule has 0 aromatic heterocycles. The predicted octanol–water partition coefficient (Wildman–Crippen LogP) is 6.87. The Kier molecular flexibility index (Phi) is 8.07. The molecule has 0 aromatic carbocycles. The third-order valence-corrected chi connectivity index (χ3v) is 24.8. The zero-order chi connectivity index (χ0) is 15.9. The molecule has 1 aliphatic heterocycles. The molecule has 1 nitrogen and oxygen atoms in total. The molecule has 2 atom stereocenters. The maximum atomic E-state index is 6.68. The second-order valence-electron chi connectivity index (χ2n) is 8.04. The molecule has 1 aliphatic carbocycles. The van der Waals surface area contributed by atoms with Crippen molar-refractivity contribution < 1.29 is 4.74 Å². The Hall–Kier alpha value is 0.759. The van der Waals surface area contributed by atoms with Crippen molar-refractivity contribution in [2.24, 2.45) is 0 Å². The van der Waals surface area contributed by atoms with Gasteiger partial charge in [-0.05, 0) is 0 Å².